The molecule has 4 amide bonds. The molecule has 4 aliphatic rings. The second-order valence-electron chi connectivity index (χ2n) is 14.1. The number of hydrogen-bond donors (Lipinski definition) is 2. The number of nitrogens with zero attached hydrogens (tertiary/aromatic N) is 2. The summed E-state index contributed by atoms with van der Waals surface area (Å²) < 4.78 is 5.84. The largest absolute Gasteiger partial charge is 0.504 e. The van der Waals surface area contributed by atoms with Crippen LogP contribution < -0.4 is 15.1 Å². The molecule has 1 saturated carbocycles. The van der Waals surface area contributed by atoms with E-state index in [9.17, 15) is 19.5 Å². The summed E-state index contributed by atoms with van der Waals surface area (Å²) in [5, 5.41) is 11.9. The van der Waals surface area contributed by atoms with Gasteiger partial charge in [-0.2, -0.15) is 5.01 Å². The first kappa shape index (κ1) is 33.2. The lowest BCUT2D eigenvalue weighted by atomic mass is 9.49. The second kappa shape index (κ2) is 12.7. The van der Waals surface area contributed by atoms with Crippen LogP contribution in [0.4, 0.5) is 11.4 Å². The molecule has 0 spiro atoms. The fourth-order valence-electron chi connectivity index (χ4n) is 9.12. The number of rotatable bonds is 8. The number of allylic oxidation sites excluding steroid dienone is 2. The highest BCUT2D eigenvalue weighted by Gasteiger charge is 2.70. The molecule has 262 valence electrons. The summed E-state index contributed by atoms with van der Waals surface area (Å²) in [6.45, 7) is 7.89. The Bertz CT molecular complexity index is 2140. The van der Waals surface area contributed by atoms with Gasteiger partial charge < -0.3 is 9.84 Å². The van der Waals surface area contributed by atoms with Gasteiger partial charge in [-0.25, -0.2) is 0 Å². The lowest BCUT2D eigenvalue weighted by Crippen LogP contribution is -2.53. The van der Waals surface area contributed by atoms with E-state index in [4.69, 9.17) is 4.74 Å². The van der Waals surface area contributed by atoms with E-state index >= 15 is 4.79 Å². The van der Waals surface area contributed by atoms with Crippen LogP contribution in [0, 0.1) is 30.6 Å². The summed E-state index contributed by atoms with van der Waals surface area (Å²) in [5.74, 6) is -4.67. The predicted octanol–water partition coefficient (Wildman–Crippen LogP) is 6.93. The number of phenolic OH excluding ortho intramolecular Hbond substituents is 1. The molecule has 0 aromatic heterocycles. The number of phenols is 1. The molecule has 4 aromatic carbocycles. The van der Waals surface area contributed by atoms with E-state index in [1.54, 1.807) is 36.4 Å². The second-order valence-corrected chi connectivity index (χ2v) is 14.1. The van der Waals surface area contributed by atoms with Gasteiger partial charge in [-0.05, 0) is 85.7 Å². The van der Waals surface area contributed by atoms with E-state index < -0.39 is 46.8 Å². The zero-order valence-electron chi connectivity index (χ0n) is 29.0. The van der Waals surface area contributed by atoms with Gasteiger partial charge >= 0.3 is 0 Å². The minimum Gasteiger partial charge on any atom is -0.504 e. The summed E-state index contributed by atoms with van der Waals surface area (Å²) in [6, 6.07) is 29.0. The molecule has 2 aliphatic carbocycles. The zero-order chi connectivity index (χ0) is 36.3. The third-order valence-electron chi connectivity index (χ3n) is 11.4. The van der Waals surface area contributed by atoms with E-state index in [1.165, 1.54) is 4.90 Å². The quantitative estimate of drug-likeness (QED) is 0.152. The lowest BCUT2D eigenvalue weighted by molar-refractivity contribution is -0.138. The Morgan fingerprint density at radius 3 is 2.33 bits per heavy atom. The molecule has 2 aliphatic heterocycles. The van der Waals surface area contributed by atoms with Gasteiger partial charge in [0.15, 0.2) is 11.5 Å². The maximum absolute atomic E-state index is 15.3. The average molecular weight is 694 g/mol. The summed E-state index contributed by atoms with van der Waals surface area (Å²) in [6.07, 6.45) is 4.21. The van der Waals surface area contributed by atoms with Crippen molar-refractivity contribution in [2.24, 2.45) is 23.7 Å². The van der Waals surface area contributed by atoms with Crippen molar-refractivity contribution in [3.05, 3.63) is 138 Å². The third-order valence-corrected chi connectivity index (χ3v) is 11.4. The van der Waals surface area contributed by atoms with Gasteiger partial charge in [-0.1, -0.05) is 90.5 Å². The normalized spacial score (nSPS) is 26.4. The van der Waals surface area contributed by atoms with Crippen molar-refractivity contribution in [2.75, 3.05) is 16.9 Å². The molecule has 9 heteroatoms. The van der Waals surface area contributed by atoms with Gasteiger partial charge in [-0.15, -0.1) is 0 Å². The molecule has 3 fully saturated rings. The number of carbonyl (C=O) groups is 4. The fraction of sp³-hybridized carbons (Fsp3) is 0.256. The fourth-order valence-corrected chi connectivity index (χ4v) is 9.12. The van der Waals surface area contributed by atoms with Crippen LogP contribution in [0.5, 0.6) is 11.5 Å². The SMILES string of the molecule is C=Cc1ccc(N2C(=O)[C@H]3[C@H](CC=C4[C@H]3C[C@H]3C(=O)N(Nc5ccc(C)cc5)C(=O)[C@@]3(c3ccccc3)[C@H]4c3ccc(O)c(OCC)c3)C2=O)cc1. The number of aromatic hydroxyl groups is 1. The monoisotopic (exact) mass is 693 g/mol. The van der Waals surface area contributed by atoms with Crippen molar-refractivity contribution in [2.45, 2.75) is 38.0 Å². The van der Waals surface area contributed by atoms with Crippen molar-refractivity contribution in [3.8, 4) is 11.5 Å². The highest BCUT2D eigenvalue weighted by atomic mass is 16.5. The Morgan fingerprint density at radius 1 is 0.904 bits per heavy atom. The van der Waals surface area contributed by atoms with E-state index in [0.29, 0.717) is 35.5 Å². The van der Waals surface area contributed by atoms with Crippen LogP contribution in [-0.4, -0.2) is 40.4 Å². The van der Waals surface area contributed by atoms with Gasteiger partial charge in [0.05, 0.1) is 41.2 Å². The number of carbonyl (C=O) groups excluding carboxylic acids is 4. The van der Waals surface area contributed by atoms with Crippen LogP contribution in [0.25, 0.3) is 6.08 Å². The lowest BCUT2D eigenvalue weighted by Gasteiger charge is -2.50. The Balaban J connectivity index is 1.31. The van der Waals surface area contributed by atoms with Crippen LogP contribution in [-0.2, 0) is 24.6 Å². The first-order valence-electron chi connectivity index (χ1n) is 17.7. The Kier molecular flexibility index (Phi) is 8.09. The predicted molar refractivity (Wildman–Crippen MR) is 197 cm³/mol. The standard InChI is InChI=1S/C43H39N3O6/c1-4-26-13-18-30(19-14-26)45-39(48)32-21-20-31-33(37(32)41(45)50)24-34-40(49)46(44-29-16-11-25(3)12-17-29)42(51)43(34,28-9-7-6-8-10-28)38(31)27-15-22-35(47)36(23-27)52-5-2/h4,6-20,22-23,32-34,37-38,44,47H,1,5,21,24H2,2-3H3/t32-,33+,34-,37-,38-,43+/m0/s1. The number of amides is 4. The first-order valence-corrected chi connectivity index (χ1v) is 17.7. The minimum atomic E-state index is -1.42. The molecule has 6 atom stereocenters. The van der Waals surface area contributed by atoms with E-state index in [0.717, 1.165) is 21.7 Å². The number of hydrazine groups is 1. The molecule has 4 aromatic rings. The number of hydrogen-bond acceptors (Lipinski definition) is 7. The number of fused-ring (bicyclic) bond motifs is 4. The molecule has 2 N–H and O–H groups in total. The number of aryl methyl sites for hydroxylation is 1. The number of imide groups is 2. The highest BCUT2D eigenvalue weighted by molar-refractivity contribution is 6.22. The molecule has 52 heavy (non-hydrogen) atoms. The average Bonchev–Trinajstić information content (AvgIpc) is 3.54. The summed E-state index contributed by atoms with van der Waals surface area (Å²) in [7, 11) is 0. The van der Waals surface area contributed by atoms with Crippen LogP contribution in [0.15, 0.2) is 115 Å². The number of nitrogens with one attached hydrogen (secondary N) is 1. The van der Waals surface area contributed by atoms with Crippen molar-refractivity contribution in [1.29, 1.82) is 0 Å². The highest BCUT2D eigenvalue weighted by Crippen LogP contribution is 2.64. The Morgan fingerprint density at radius 2 is 1.63 bits per heavy atom. The van der Waals surface area contributed by atoms with Crippen LogP contribution >= 0.6 is 0 Å². The molecule has 2 heterocycles. The third kappa shape index (κ3) is 4.90. The number of ether oxygens (including phenoxy) is 1. The van der Waals surface area contributed by atoms with Gasteiger partial charge in [0.2, 0.25) is 11.8 Å². The number of anilines is 2. The molecule has 0 bridgehead atoms. The molecule has 8 rings (SSSR count). The maximum atomic E-state index is 15.3. The van der Waals surface area contributed by atoms with Crippen molar-refractivity contribution >= 4 is 41.1 Å². The summed E-state index contributed by atoms with van der Waals surface area (Å²) in [5.41, 5.74) is 6.84. The van der Waals surface area contributed by atoms with E-state index in [1.807, 2.05) is 86.7 Å². The molecule has 0 unspecified atom stereocenters. The van der Waals surface area contributed by atoms with Gasteiger partial charge in [0, 0.05) is 5.92 Å². The molecule has 2 saturated heterocycles. The van der Waals surface area contributed by atoms with Crippen molar-refractivity contribution in [1.82, 2.24) is 5.01 Å². The molecular formula is C43H39N3O6. The number of benzene rings is 4. The van der Waals surface area contributed by atoms with Gasteiger partial charge in [-0.3, -0.25) is 29.5 Å². The van der Waals surface area contributed by atoms with Crippen molar-refractivity contribution < 1.29 is 29.0 Å². The summed E-state index contributed by atoms with van der Waals surface area (Å²) >= 11 is 0. The molecular weight excluding hydrogens is 654 g/mol. The van der Waals surface area contributed by atoms with E-state index in [-0.39, 0.29) is 29.7 Å². The molecule has 9 nitrogen and oxygen atoms in total. The van der Waals surface area contributed by atoms with Gasteiger partial charge in [0.25, 0.3) is 11.8 Å². The summed E-state index contributed by atoms with van der Waals surface area (Å²) in [4.78, 5) is 60.0. The maximum Gasteiger partial charge on any atom is 0.260 e. The van der Waals surface area contributed by atoms with Crippen LogP contribution in [0.3, 0.4) is 0 Å². The minimum absolute atomic E-state index is 0.0490. The van der Waals surface area contributed by atoms with Crippen LogP contribution in [0.2, 0.25) is 0 Å². The first-order chi connectivity index (χ1) is 25.2. The molecule has 0 radical (unpaired) electrons. The topological polar surface area (TPSA) is 116 Å². The van der Waals surface area contributed by atoms with Crippen LogP contribution in [0.1, 0.15) is 47.9 Å². The van der Waals surface area contributed by atoms with E-state index in [2.05, 4.69) is 12.0 Å². The van der Waals surface area contributed by atoms with Gasteiger partial charge in [0.1, 0.15) is 0 Å². The smallest absolute Gasteiger partial charge is 0.260 e. The zero-order valence-corrected chi connectivity index (χ0v) is 29.0. The Hall–Kier alpha value is -5.96. The van der Waals surface area contributed by atoms with Crippen molar-refractivity contribution in [3.63, 3.8) is 0 Å². The Labute approximate surface area is 302 Å².